The van der Waals surface area contributed by atoms with Crippen LogP contribution in [-0.2, 0) is 4.79 Å². The summed E-state index contributed by atoms with van der Waals surface area (Å²) in [7, 11) is 1.57. The monoisotopic (exact) mass is 485 g/mol. The summed E-state index contributed by atoms with van der Waals surface area (Å²) in [4.78, 5) is 12.9. The summed E-state index contributed by atoms with van der Waals surface area (Å²) in [5.74, 6) is 1.87. The molecule has 0 unspecified atom stereocenters. The van der Waals surface area contributed by atoms with Crippen molar-refractivity contribution in [1.29, 1.82) is 0 Å². The highest BCUT2D eigenvalue weighted by atomic mass is 16.5. The van der Waals surface area contributed by atoms with E-state index in [2.05, 4.69) is 5.32 Å². The molecule has 0 aliphatic heterocycles. The second kappa shape index (κ2) is 11.0. The highest BCUT2D eigenvalue weighted by Crippen LogP contribution is 2.41. The van der Waals surface area contributed by atoms with E-state index in [0.29, 0.717) is 30.4 Å². The first kappa shape index (κ1) is 24.9. The molecule has 1 amide bonds. The average Bonchev–Trinajstić information content (AvgIpc) is 3.31. The molecule has 0 atom stereocenters. The minimum Gasteiger partial charge on any atom is -0.495 e. The number of anilines is 1. The van der Waals surface area contributed by atoms with Crippen LogP contribution in [-0.4, -0.2) is 26.2 Å². The molecule has 0 fully saturated rings. The van der Waals surface area contributed by atoms with Crippen LogP contribution in [0.2, 0.25) is 0 Å². The number of carbonyl (C=O) groups is 1. The molecule has 4 rings (SSSR count). The molecule has 0 aliphatic rings. The maximum Gasteiger partial charge on any atom is 0.248 e. The Morgan fingerprint density at radius 1 is 1.03 bits per heavy atom. The van der Waals surface area contributed by atoms with E-state index >= 15 is 0 Å². The fourth-order valence-electron chi connectivity index (χ4n) is 4.25. The number of aryl methyl sites for hydroxylation is 1. The third kappa shape index (κ3) is 5.08. The van der Waals surface area contributed by atoms with Gasteiger partial charge in [-0.25, -0.2) is 0 Å². The SMILES string of the molecule is CCOc1ccc(-c2coc3c(C)c(OCC)c(/C(C)=C/C(=O)Nc4ccccc4OC)cc23)cc1. The van der Waals surface area contributed by atoms with Crippen LogP contribution >= 0.6 is 0 Å². The molecule has 6 heteroatoms. The van der Waals surface area contributed by atoms with E-state index in [1.807, 2.05) is 70.2 Å². The van der Waals surface area contributed by atoms with Crippen molar-refractivity contribution in [3.8, 4) is 28.4 Å². The summed E-state index contributed by atoms with van der Waals surface area (Å²) < 4.78 is 22.9. The van der Waals surface area contributed by atoms with Gasteiger partial charge in [0.1, 0.15) is 22.8 Å². The number of methoxy groups -OCH3 is 1. The number of rotatable bonds is 9. The first-order valence-corrected chi connectivity index (χ1v) is 12.0. The van der Waals surface area contributed by atoms with Gasteiger partial charge in [0, 0.05) is 28.2 Å². The Morgan fingerprint density at radius 2 is 1.75 bits per heavy atom. The van der Waals surface area contributed by atoms with Gasteiger partial charge in [0.05, 0.1) is 32.3 Å². The van der Waals surface area contributed by atoms with Crippen molar-refractivity contribution in [2.24, 2.45) is 0 Å². The zero-order valence-electron chi connectivity index (χ0n) is 21.3. The number of furan rings is 1. The van der Waals surface area contributed by atoms with Gasteiger partial charge in [-0.3, -0.25) is 4.79 Å². The van der Waals surface area contributed by atoms with Crippen LogP contribution in [0.25, 0.3) is 27.7 Å². The minimum absolute atomic E-state index is 0.254. The number of hydrogen-bond acceptors (Lipinski definition) is 5. The molecule has 0 bridgehead atoms. The lowest BCUT2D eigenvalue weighted by molar-refractivity contribution is -0.111. The molecule has 1 heterocycles. The number of benzene rings is 3. The van der Waals surface area contributed by atoms with Gasteiger partial charge >= 0.3 is 0 Å². The Morgan fingerprint density at radius 3 is 2.44 bits per heavy atom. The molecule has 1 N–H and O–H groups in total. The van der Waals surface area contributed by atoms with E-state index in [0.717, 1.165) is 44.5 Å². The van der Waals surface area contributed by atoms with Gasteiger partial charge in [0.25, 0.3) is 0 Å². The number of hydrogen-bond donors (Lipinski definition) is 1. The number of nitrogens with one attached hydrogen (secondary N) is 1. The van der Waals surface area contributed by atoms with Gasteiger partial charge in [-0.05, 0) is 69.2 Å². The number of fused-ring (bicyclic) bond motifs is 1. The van der Waals surface area contributed by atoms with Crippen LogP contribution in [0.3, 0.4) is 0 Å². The smallest absolute Gasteiger partial charge is 0.248 e. The largest absolute Gasteiger partial charge is 0.495 e. The Labute approximate surface area is 211 Å². The van der Waals surface area contributed by atoms with E-state index in [4.69, 9.17) is 18.6 Å². The molecule has 0 radical (unpaired) electrons. The van der Waals surface area contributed by atoms with Crippen molar-refractivity contribution in [2.75, 3.05) is 25.6 Å². The van der Waals surface area contributed by atoms with Crippen molar-refractivity contribution in [3.05, 3.63) is 78.1 Å². The Hall–Kier alpha value is -4.19. The molecule has 0 spiro atoms. The Balaban J connectivity index is 1.75. The van der Waals surface area contributed by atoms with E-state index in [9.17, 15) is 4.79 Å². The van der Waals surface area contributed by atoms with Gasteiger partial charge in [-0.1, -0.05) is 24.3 Å². The zero-order chi connectivity index (χ0) is 25.7. The van der Waals surface area contributed by atoms with E-state index < -0.39 is 0 Å². The molecule has 36 heavy (non-hydrogen) atoms. The maximum atomic E-state index is 12.9. The lowest BCUT2D eigenvalue weighted by Crippen LogP contribution is -2.10. The number of carbonyl (C=O) groups excluding carboxylic acids is 1. The summed E-state index contributed by atoms with van der Waals surface area (Å²) in [6.45, 7) is 8.89. The van der Waals surface area contributed by atoms with E-state index in [-0.39, 0.29) is 5.91 Å². The predicted octanol–water partition coefficient (Wildman–Crippen LogP) is 7.26. The van der Waals surface area contributed by atoms with Crippen LogP contribution in [0, 0.1) is 6.92 Å². The highest BCUT2D eigenvalue weighted by Gasteiger charge is 2.19. The van der Waals surface area contributed by atoms with Crippen molar-refractivity contribution in [3.63, 3.8) is 0 Å². The minimum atomic E-state index is -0.254. The molecule has 0 saturated carbocycles. The Kier molecular flexibility index (Phi) is 7.64. The topological polar surface area (TPSA) is 69.9 Å². The van der Waals surface area contributed by atoms with E-state index in [1.54, 1.807) is 31.6 Å². The van der Waals surface area contributed by atoms with E-state index in [1.165, 1.54) is 0 Å². The molecule has 1 aromatic heterocycles. The summed E-state index contributed by atoms with van der Waals surface area (Å²) in [6.07, 6.45) is 3.34. The number of para-hydroxylation sites is 2. The maximum absolute atomic E-state index is 12.9. The number of amides is 1. The molecular formula is C30H31NO5. The first-order valence-electron chi connectivity index (χ1n) is 12.0. The lowest BCUT2D eigenvalue weighted by Gasteiger charge is -2.15. The number of allylic oxidation sites excluding steroid dienone is 1. The average molecular weight is 486 g/mol. The first-order chi connectivity index (χ1) is 17.5. The van der Waals surface area contributed by atoms with Crippen LogP contribution in [0.1, 0.15) is 31.9 Å². The normalized spacial score (nSPS) is 11.4. The third-order valence-corrected chi connectivity index (χ3v) is 5.95. The summed E-state index contributed by atoms with van der Waals surface area (Å²) in [6, 6.07) is 17.3. The van der Waals surface area contributed by atoms with Crippen molar-refractivity contribution >= 4 is 28.1 Å². The highest BCUT2D eigenvalue weighted by molar-refractivity contribution is 6.06. The summed E-state index contributed by atoms with van der Waals surface area (Å²) in [5.41, 5.74) is 5.85. The lowest BCUT2D eigenvalue weighted by atomic mass is 9.96. The Bertz CT molecular complexity index is 1400. The molecule has 0 aliphatic carbocycles. The van der Waals surface area contributed by atoms with Gasteiger partial charge < -0.3 is 23.9 Å². The fraction of sp³-hybridized carbons (Fsp3) is 0.233. The molecule has 3 aromatic carbocycles. The summed E-state index contributed by atoms with van der Waals surface area (Å²) >= 11 is 0. The van der Waals surface area contributed by atoms with Gasteiger partial charge in [-0.2, -0.15) is 0 Å². The molecule has 4 aromatic rings. The summed E-state index contributed by atoms with van der Waals surface area (Å²) in [5, 5.41) is 3.85. The van der Waals surface area contributed by atoms with Gasteiger partial charge in [0.2, 0.25) is 5.91 Å². The third-order valence-electron chi connectivity index (χ3n) is 5.95. The predicted molar refractivity (Wildman–Crippen MR) is 144 cm³/mol. The van der Waals surface area contributed by atoms with Gasteiger partial charge in [0.15, 0.2) is 0 Å². The molecular weight excluding hydrogens is 454 g/mol. The standard InChI is InChI=1S/C30H31NO5/c1-6-34-22-14-12-21(13-15-22)25-18-36-30-20(4)29(35-7-2)23(17-24(25)30)19(3)16-28(32)31-26-10-8-9-11-27(26)33-5/h8-18H,6-7H2,1-5H3,(H,31,32)/b19-16+. The van der Waals surface area contributed by atoms with Crippen LogP contribution in [0.15, 0.2) is 71.4 Å². The van der Waals surface area contributed by atoms with Crippen molar-refractivity contribution < 1.29 is 23.4 Å². The zero-order valence-corrected chi connectivity index (χ0v) is 21.3. The second-order valence-corrected chi connectivity index (χ2v) is 8.31. The van der Waals surface area contributed by atoms with Crippen LogP contribution in [0.5, 0.6) is 17.2 Å². The van der Waals surface area contributed by atoms with Crippen LogP contribution in [0.4, 0.5) is 5.69 Å². The van der Waals surface area contributed by atoms with Crippen LogP contribution < -0.4 is 19.5 Å². The molecule has 0 saturated heterocycles. The quantitative estimate of drug-likeness (QED) is 0.253. The second-order valence-electron chi connectivity index (χ2n) is 8.31. The van der Waals surface area contributed by atoms with Gasteiger partial charge in [-0.15, -0.1) is 0 Å². The fourth-order valence-corrected chi connectivity index (χ4v) is 4.25. The van der Waals surface area contributed by atoms with Crippen molar-refractivity contribution in [2.45, 2.75) is 27.7 Å². The number of ether oxygens (including phenoxy) is 3. The molecule has 6 nitrogen and oxygen atoms in total. The molecule has 186 valence electrons. The van der Waals surface area contributed by atoms with Crippen molar-refractivity contribution in [1.82, 2.24) is 0 Å².